The highest BCUT2D eigenvalue weighted by atomic mass is 16.6. The van der Waals surface area contributed by atoms with Crippen LogP contribution in [0.5, 0.6) is 28.7 Å². The van der Waals surface area contributed by atoms with Gasteiger partial charge < -0.3 is 29.4 Å². The highest BCUT2D eigenvalue weighted by Crippen LogP contribution is 2.45. The van der Waals surface area contributed by atoms with E-state index >= 15 is 0 Å². The van der Waals surface area contributed by atoms with E-state index in [-0.39, 0.29) is 23.8 Å². The van der Waals surface area contributed by atoms with E-state index in [2.05, 4.69) is 13.0 Å². The van der Waals surface area contributed by atoms with Gasteiger partial charge >= 0.3 is 5.97 Å². The van der Waals surface area contributed by atoms with Crippen LogP contribution in [0.2, 0.25) is 0 Å². The molecule has 0 aromatic heterocycles. The van der Waals surface area contributed by atoms with Crippen LogP contribution >= 0.6 is 0 Å². The summed E-state index contributed by atoms with van der Waals surface area (Å²) in [6.45, 7) is 6.35. The van der Waals surface area contributed by atoms with Gasteiger partial charge in [-0.25, -0.2) is 4.79 Å². The Kier molecular flexibility index (Phi) is 8.62. The number of nitriles is 1. The Morgan fingerprint density at radius 1 is 1.00 bits per heavy atom. The summed E-state index contributed by atoms with van der Waals surface area (Å²) in [5.74, 6) is 1.36. The molecule has 3 aromatic carbocycles. The Morgan fingerprint density at radius 3 is 2.46 bits per heavy atom. The molecule has 2 N–H and O–H groups in total. The summed E-state index contributed by atoms with van der Waals surface area (Å²) in [5, 5.41) is 9.90. The maximum Gasteiger partial charge on any atom is 0.349 e. The molecule has 1 heterocycles. The Bertz CT molecular complexity index is 1420. The van der Waals surface area contributed by atoms with Crippen molar-refractivity contribution in [2.45, 2.75) is 39.5 Å². The quantitative estimate of drug-likeness (QED) is 0.203. The number of aryl methyl sites for hydroxylation is 2. The number of nitrogens with zero attached hydrogens (tertiary/aromatic N) is 1. The molecule has 1 aliphatic rings. The number of allylic oxidation sites excluding steroid dienone is 1. The highest BCUT2D eigenvalue weighted by molar-refractivity contribution is 5.74. The Morgan fingerprint density at radius 2 is 1.77 bits per heavy atom. The molecule has 0 saturated carbocycles. The molecule has 0 radical (unpaired) electrons. The number of fused-ring (bicyclic) bond motifs is 1. The Balaban J connectivity index is 1.55. The summed E-state index contributed by atoms with van der Waals surface area (Å²) in [6.07, 6.45) is 1.95. The van der Waals surface area contributed by atoms with Crippen LogP contribution in [0, 0.1) is 25.2 Å². The maximum absolute atomic E-state index is 12.5. The van der Waals surface area contributed by atoms with Crippen LogP contribution in [-0.2, 0) is 4.79 Å². The molecule has 1 atom stereocenters. The molecule has 0 amide bonds. The minimum Gasteiger partial charge on any atom is -0.493 e. The Labute approximate surface area is 228 Å². The van der Waals surface area contributed by atoms with Crippen molar-refractivity contribution in [1.82, 2.24) is 0 Å². The van der Waals surface area contributed by atoms with Crippen LogP contribution < -0.4 is 29.4 Å². The second-order valence-corrected chi connectivity index (χ2v) is 9.32. The third kappa shape index (κ3) is 6.44. The molecule has 0 aliphatic carbocycles. The fraction of sp³-hybridized carbons (Fsp3) is 0.290. The second-order valence-electron chi connectivity index (χ2n) is 9.32. The Hall–Kier alpha value is -4.64. The lowest BCUT2D eigenvalue weighted by Gasteiger charge is -2.27. The van der Waals surface area contributed by atoms with E-state index in [4.69, 9.17) is 29.4 Å². The van der Waals surface area contributed by atoms with Crippen molar-refractivity contribution >= 4 is 5.97 Å². The van der Waals surface area contributed by atoms with Crippen LogP contribution in [-0.4, -0.2) is 26.3 Å². The molecule has 202 valence electrons. The number of carbonyl (C=O) groups is 1. The molecule has 0 saturated heterocycles. The molecule has 4 rings (SSSR count). The molecule has 1 unspecified atom stereocenters. The summed E-state index contributed by atoms with van der Waals surface area (Å²) in [6, 6.07) is 18.5. The zero-order valence-electron chi connectivity index (χ0n) is 22.6. The first-order valence-electron chi connectivity index (χ1n) is 12.8. The first-order valence-corrected chi connectivity index (χ1v) is 12.8. The van der Waals surface area contributed by atoms with Crippen LogP contribution in [0.3, 0.4) is 0 Å². The van der Waals surface area contributed by atoms with Crippen LogP contribution in [0.1, 0.15) is 47.9 Å². The van der Waals surface area contributed by atoms with Gasteiger partial charge in [-0.3, -0.25) is 0 Å². The number of nitrogens with two attached hydrogens (primary N) is 1. The summed E-state index contributed by atoms with van der Waals surface area (Å²) in [7, 11) is 1.57. The average Bonchev–Trinajstić information content (AvgIpc) is 2.91. The fourth-order valence-electron chi connectivity index (χ4n) is 4.47. The topological polar surface area (TPSA) is 113 Å². The van der Waals surface area contributed by atoms with Gasteiger partial charge in [-0.15, -0.1) is 0 Å². The standard InChI is InChI=1S/C31H32N2O6/c1-5-6-11-36-26-10-7-21(15-28(26)35-4)30-24-9-8-22(16-27(24)39-31(33)25(30)17-32)38-29(34)18-37-23-13-19(2)12-20(3)14-23/h7-10,12-16,30H,5-6,11,18,33H2,1-4H3. The molecule has 8 nitrogen and oxygen atoms in total. The van der Waals surface area contributed by atoms with Gasteiger partial charge in [0.15, 0.2) is 18.1 Å². The second kappa shape index (κ2) is 12.3. The predicted octanol–water partition coefficient (Wildman–Crippen LogP) is 5.69. The van der Waals surface area contributed by atoms with Crippen LogP contribution in [0.15, 0.2) is 66.1 Å². The number of carbonyl (C=O) groups excluding carboxylic acids is 1. The van der Waals surface area contributed by atoms with E-state index in [1.165, 1.54) is 0 Å². The number of esters is 1. The largest absolute Gasteiger partial charge is 0.493 e. The van der Waals surface area contributed by atoms with Gasteiger partial charge in [0.1, 0.15) is 28.9 Å². The van der Waals surface area contributed by atoms with Gasteiger partial charge in [-0.1, -0.05) is 31.5 Å². The number of methoxy groups -OCH3 is 1. The zero-order chi connectivity index (χ0) is 27.9. The van der Waals surface area contributed by atoms with Crippen LogP contribution in [0.4, 0.5) is 0 Å². The third-order valence-electron chi connectivity index (χ3n) is 6.25. The molecular weight excluding hydrogens is 496 g/mol. The van der Waals surface area contributed by atoms with Gasteiger partial charge in [-0.2, -0.15) is 5.26 Å². The van der Waals surface area contributed by atoms with E-state index in [0.717, 1.165) is 29.5 Å². The monoisotopic (exact) mass is 528 g/mol. The SMILES string of the molecule is CCCCOc1ccc(C2C(C#N)=C(N)Oc3cc(OC(=O)COc4cc(C)cc(C)c4)ccc32)cc1OC. The smallest absolute Gasteiger partial charge is 0.349 e. The van der Waals surface area contributed by atoms with Crippen molar-refractivity contribution in [3.05, 3.63) is 88.3 Å². The number of rotatable bonds is 10. The lowest BCUT2D eigenvalue weighted by molar-refractivity contribution is -0.136. The predicted molar refractivity (Wildman–Crippen MR) is 146 cm³/mol. The molecular formula is C31H32N2O6. The third-order valence-corrected chi connectivity index (χ3v) is 6.25. The van der Waals surface area contributed by atoms with Crippen molar-refractivity contribution in [2.75, 3.05) is 20.3 Å². The lowest BCUT2D eigenvalue weighted by atomic mass is 9.83. The fourth-order valence-corrected chi connectivity index (χ4v) is 4.47. The molecule has 3 aromatic rings. The van der Waals surface area contributed by atoms with Gasteiger partial charge in [0.05, 0.1) is 19.6 Å². The first kappa shape index (κ1) is 27.4. The van der Waals surface area contributed by atoms with E-state index in [1.807, 2.05) is 50.2 Å². The molecule has 0 fully saturated rings. The normalized spacial score (nSPS) is 14.1. The number of hydrogen-bond acceptors (Lipinski definition) is 8. The van der Waals surface area contributed by atoms with Crippen LogP contribution in [0.25, 0.3) is 0 Å². The van der Waals surface area contributed by atoms with Crippen molar-refractivity contribution in [3.8, 4) is 34.8 Å². The number of hydrogen-bond donors (Lipinski definition) is 1. The molecule has 1 aliphatic heterocycles. The zero-order valence-corrected chi connectivity index (χ0v) is 22.6. The minimum absolute atomic E-state index is 0.0149. The van der Waals surface area contributed by atoms with E-state index < -0.39 is 11.9 Å². The number of ether oxygens (including phenoxy) is 5. The van der Waals surface area contributed by atoms with E-state index in [0.29, 0.717) is 35.2 Å². The van der Waals surface area contributed by atoms with Gasteiger partial charge in [0.25, 0.3) is 0 Å². The number of benzene rings is 3. The minimum atomic E-state index is -0.564. The summed E-state index contributed by atoms with van der Waals surface area (Å²) >= 11 is 0. The van der Waals surface area contributed by atoms with Crippen molar-refractivity contribution < 1.29 is 28.5 Å². The average molecular weight is 529 g/mol. The lowest BCUT2D eigenvalue weighted by Crippen LogP contribution is -2.22. The van der Waals surface area contributed by atoms with Crippen molar-refractivity contribution in [2.24, 2.45) is 5.73 Å². The van der Waals surface area contributed by atoms with E-state index in [1.54, 1.807) is 25.3 Å². The van der Waals surface area contributed by atoms with Gasteiger partial charge in [-0.05, 0) is 67.3 Å². The first-order chi connectivity index (χ1) is 18.8. The molecule has 8 heteroatoms. The molecule has 0 bridgehead atoms. The molecule has 39 heavy (non-hydrogen) atoms. The number of unbranched alkanes of at least 4 members (excludes halogenated alkanes) is 1. The van der Waals surface area contributed by atoms with Crippen molar-refractivity contribution in [3.63, 3.8) is 0 Å². The van der Waals surface area contributed by atoms with Gasteiger partial charge in [0, 0.05) is 11.6 Å². The summed E-state index contributed by atoms with van der Waals surface area (Å²) in [5.41, 5.74) is 9.99. The maximum atomic E-state index is 12.5. The van der Waals surface area contributed by atoms with Crippen molar-refractivity contribution in [1.29, 1.82) is 5.26 Å². The highest BCUT2D eigenvalue weighted by Gasteiger charge is 2.31. The molecule has 0 spiro atoms. The van der Waals surface area contributed by atoms with Gasteiger partial charge in [0.2, 0.25) is 5.88 Å². The summed E-state index contributed by atoms with van der Waals surface area (Å²) < 4.78 is 28.3. The summed E-state index contributed by atoms with van der Waals surface area (Å²) in [4.78, 5) is 12.5. The van der Waals surface area contributed by atoms with E-state index in [9.17, 15) is 10.1 Å².